The first-order chi connectivity index (χ1) is 9.22. The van der Waals surface area contributed by atoms with Gasteiger partial charge in [-0.05, 0) is 60.7 Å². The van der Waals surface area contributed by atoms with Gasteiger partial charge in [-0.25, -0.2) is 0 Å². The molecule has 0 aromatic rings. The van der Waals surface area contributed by atoms with Crippen LogP contribution in [-0.2, 0) is 4.74 Å². The van der Waals surface area contributed by atoms with Crippen LogP contribution in [0, 0.1) is 5.92 Å². The van der Waals surface area contributed by atoms with Crippen molar-refractivity contribution in [2.24, 2.45) is 5.92 Å². The molecule has 2 heterocycles. The second-order valence-corrected chi connectivity index (χ2v) is 7.67. The third-order valence-corrected chi connectivity index (χ3v) is 5.02. The summed E-state index contributed by atoms with van der Waals surface area (Å²) >= 11 is 0. The Morgan fingerprint density at radius 2 is 1.75 bits per heavy atom. The Bertz CT molecular complexity index is 324. The monoisotopic (exact) mass is 284 g/mol. The van der Waals surface area contributed by atoms with E-state index in [1.807, 2.05) is 13.8 Å². The van der Waals surface area contributed by atoms with Gasteiger partial charge in [-0.2, -0.15) is 0 Å². The zero-order chi connectivity index (χ0) is 15.0. The summed E-state index contributed by atoms with van der Waals surface area (Å²) in [7, 11) is 2.16. The summed E-state index contributed by atoms with van der Waals surface area (Å²) in [6.07, 6.45) is 2.30. The first-order valence-corrected chi connectivity index (χ1v) is 8.01. The molecule has 2 rings (SSSR count). The summed E-state index contributed by atoms with van der Waals surface area (Å²) < 4.78 is 6.05. The maximum Gasteiger partial charge on any atom is 0.0896 e. The van der Waals surface area contributed by atoms with E-state index in [4.69, 9.17) is 4.74 Å². The predicted octanol–water partition coefficient (Wildman–Crippen LogP) is 1.58. The van der Waals surface area contributed by atoms with Crippen molar-refractivity contribution in [3.05, 3.63) is 0 Å². The molecule has 20 heavy (non-hydrogen) atoms. The number of rotatable bonds is 5. The summed E-state index contributed by atoms with van der Waals surface area (Å²) in [5, 5.41) is 10.5. The van der Waals surface area contributed by atoms with Crippen molar-refractivity contribution in [1.29, 1.82) is 0 Å². The Labute approximate surface area is 124 Å². The maximum atomic E-state index is 10.5. The van der Waals surface area contributed by atoms with Gasteiger partial charge in [0, 0.05) is 25.6 Å². The number of nitrogens with zero attached hydrogens (tertiary/aromatic N) is 2. The molecule has 2 saturated heterocycles. The summed E-state index contributed by atoms with van der Waals surface area (Å²) in [6.45, 7) is 13.8. The highest BCUT2D eigenvalue weighted by Crippen LogP contribution is 2.42. The van der Waals surface area contributed by atoms with E-state index in [-0.39, 0.29) is 11.5 Å². The molecule has 2 fully saturated rings. The summed E-state index contributed by atoms with van der Waals surface area (Å²) in [5.41, 5.74) is -0.700. The van der Waals surface area contributed by atoms with Gasteiger partial charge in [0.15, 0.2) is 0 Å². The molecule has 0 aromatic carbocycles. The summed E-state index contributed by atoms with van der Waals surface area (Å²) in [6, 6.07) is 0. The molecule has 0 radical (unpaired) electrons. The normalized spacial score (nSPS) is 33.1. The van der Waals surface area contributed by atoms with Gasteiger partial charge in [-0.3, -0.25) is 0 Å². The van der Waals surface area contributed by atoms with Gasteiger partial charge < -0.3 is 19.6 Å². The largest absolute Gasteiger partial charge is 0.390 e. The predicted molar refractivity (Wildman–Crippen MR) is 81.9 cm³/mol. The minimum absolute atomic E-state index is 0.168. The Morgan fingerprint density at radius 1 is 1.15 bits per heavy atom. The van der Waals surface area contributed by atoms with E-state index >= 15 is 0 Å². The highest BCUT2D eigenvalue weighted by molar-refractivity contribution is 5.02. The van der Waals surface area contributed by atoms with Crippen molar-refractivity contribution in [3.8, 4) is 0 Å². The molecule has 2 unspecified atom stereocenters. The van der Waals surface area contributed by atoms with Crippen LogP contribution in [0.2, 0.25) is 0 Å². The first-order valence-electron chi connectivity index (χ1n) is 8.01. The van der Waals surface area contributed by atoms with Crippen LogP contribution in [0.5, 0.6) is 0 Å². The Hall–Kier alpha value is -0.160. The van der Waals surface area contributed by atoms with Crippen LogP contribution in [0.4, 0.5) is 0 Å². The van der Waals surface area contributed by atoms with Crippen LogP contribution in [0.3, 0.4) is 0 Å². The van der Waals surface area contributed by atoms with Crippen molar-refractivity contribution >= 4 is 0 Å². The molecule has 1 N–H and O–H groups in total. The molecule has 0 spiro atoms. The zero-order valence-electron chi connectivity index (χ0n) is 13.9. The van der Waals surface area contributed by atoms with Crippen LogP contribution < -0.4 is 0 Å². The molecular weight excluding hydrogens is 252 g/mol. The van der Waals surface area contributed by atoms with Crippen LogP contribution in [0.1, 0.15) is 40.5 Å². The molecule has 0 amide bonds. The van der Waals surface area contributed by atoms with E-state index in [0.717, 1.165) is 19.6 Å². The minimum Gasteiger partial charge on any atom is -0.390 e. The SMILES string of the molecule is CN(CCN1CCCC1)CC1C(O)C(C)(C)OC1(C)C. The molecule has 118 valence electrons. The molecule has 4 nitrogen and oxygen atoms in total. The molecule has 0 aliphatic carbocycles. The third-order valence-electron chi connectivity index (χ3n) is 5.02. The van der Waals surface area contributed by atoms with Gasteiger partial charge in [0.05, 0.1) is 17.3 Å². The Morgan fingerprint density at radius 3 is 2.25 bits per heavy atom. The van der Waals surface area contributed by atoms with Crippen molar-refractivity contribution < 1.29 is 9.84 Å². The van der Waals surface area contributed by atoms with Crippen LogP contribution in [0.25, 0.3) is 0 Å². The van der Waals surface area contributed by atoms with Gasteiger partial charge in [0.25, 0.3) is 0 Å². The second kappa shape index (κ2) is 5.91. The van der Waals surface area contributed by atoms with Crippen LogP contribution >= 0.6 is 0 Å². The van der Waals surface area contributed by atoms with Crippen molar-refractivity contribution in [2.45, 2.75) is 57.8 Å². The minimum atomic E-state index is -0.441. The molecule has 0 aromatic heterocycles. The number of ether oxygens (including phenoxy) is 1. The van der Waals surface area contributed by atoms with E-state index in [9.17, 15) is 5.11 Å². The van der Waals surface area contributed by atoms with Gasteiger partial charge in [0.2, 0.25) is 0 Å². The molecule has 4 heteroatoms. The van der Waals surface area contributed by atoms with Crippen LogP contribution in [0.15, 0.2) is 0 Å². The zero-order valence-corrected chi connectivity index (χ0v) is 13.9. The van der Waals surface area contributed by atoms with E-state index < -0.39 is 11.7 Å². The van der Waals surface area contributed by atoms with Crippen LogP contribution in [-0.4, -0.2) is 72.0 Å². The maximum absolute atomic E-state index is 10.5. The highest BCUT2D eigenvalue weighted by atomic mass is 16.5. The number of aliphatic hydroxyl groups is 1. The van der Waals surface area contributed by atoms with Gasteiger partial charge in [-0.15, -0.1) is 0 Å². The van der Waals surface area contributed by atoms with E-state index in [1.165, 1.54) is 25.9 Å². The summed E-state index contributed by atoms with van der Waals surface area (Å²) in [4.78, 5) is 4.88. The number of hydrogen-bond acceptors (Lipinski definition) is 4. The number of aliphatic hydroxyl groups excluding tert-OH is 1. The first kappa shape index (κ1) is 16.2. The lowest BCUT2D eigenvalue weighted by atomic mass is 9.84. The molecule has 0 bridgehead atoms. The van der Waals surface area contributed by atoms with Crippen molar-refractivity contribution in [3.63, 3.8) is 0 Å². The fourth-order valence-corrected chi connectivity index (χ4v) is 3.74. The fraction of sp³-hybridized carbons (Fsp3) is 1.00. The standard InChI is InChI=1S/C16H32N2O2/c1-15(2)13(14(19)16(3,4)20-15)12-17(5)10-11-18-8-6-7-9-18/h13-14,19H,6-12H2,1-5H3. The van der Waals surface area contributed by atoms with E-state index in [1.54, 1.807) is 0 Å². The molecule has 0 saturated carbocycles. The molecule has 2 aliphatic heterocycles. The smallest absolute Gasteiger partial charge is 0.0896 e. The molecule has 2 aliphatic rings. The summed E-state index contributed by atoms with van der Waals surface area (Å²) in [5.74, 6) is 0.168. The quantitative estimate of drug-likeness (QED) is 0.831. The second-order valence-electron chi connectivity index (χ2n) is 7.67. The van der Waals surface area contributed by atoms with E-state index in [0.29, 0.717) is 0 Å². The van der Waals surface area contributed by atoms with Gasteiger partial charge in [-0.1, -0.05) is 0 Å². The molecular formula is C16H32N2O2. The Kier molecular flexibility index (Phi) is 4.80. The number of hydrogen-bond donors (Lipinski definition) is 1. The molecule has 2 atom stereocenters. The third kappa shape index (κ3) is 3.53. The van der Waals surface area contributed by atoms with Gasteiger partial charge >= 0.3 is 0 Å². The van der Waals surface area contributed by atoms with Crippen molar-refractivity contribution in [1.82, 2.24) is 9.80 Å². The lowest BCUT2D eigenvalue weighted by Gasteiger charge is -2.31. The van der Waals surface area contributed by atoms with Crippen molar-refractivity contribution in [2.75, 3.05) is 39.8 Å². The van der Waals surface area contributed by atoms with Gasteiger partial charge in [0.1, 0.15) is 0 Å². The van der Waals surface area contributed by atoms with E-state index in [2.05, 4.69) is 30.7 Å². The average molecular weight is 284 g/mol. The highest BCUT2D eigenvalue weighted by Gasteiger charge is 2.53. The lowest BCUT2D eigenvalue weighted by molar-refractivity contribution is -0.0912. The lowest BCUT2D eigenvalue weighted by Crippen LogP contribution is -2.43. The number of likely N-dealkylation sites (N-methyl/N-ethyl adjacent to an activating group) is 1. The topological polar surface area (TPSA) is 35.9 Å². The average Bonchev–Trinajstić information content (AvgIpc) is 2.88. The number of likely N-dealkylation sites (tertiary alicyclic amines) is 1. The Balaban J connectivity index is 1.84. The fourth-order valence-electron chi connectivity index (χ4n) is 3.74.